The van der Waals surface area contributed by atoms with Crippen molar-refractivity contribution in [2.45, 2.75) is 32.4 Å². The standard InChI is InChI=1S/C15H22N2O2/c1-15(2,16-3)14(18)17(4)10-11-5-6-13-12(9-11)7-8-19-13/h5-6,9,16H,7-8,10H2,1-4H3. The third-order valence-corrected chi connectivity index (χ3v) is 3.68. The van der Waals surface area contributed by atoms with Gasteiger partial charge in [0.05, 0.1) is 12.1 Å². The van der Waals surface area contributed by atoms with Crippen LogP contribution in [0.15, 0.2) is 18.2 Å². The molecular weight excluding hydrogens is 240 g/mol. The summed E-state index contributed by atoms with van der Waals surface area (Å²) in [5.41, 5.74) is 1.85. The van der Waals surface area contributed by atoms with Crippen LogP contribution in [0, 0.1) is 0 Å². The summed E-state index contributed by atoms with van der Waals surface area (Å²) in [5.74, 6) is 1.07. The first-order chi connectivity index (χ1) is 8.94. The van der Waals surface area contributed by atoms with Crippen LogP contribution < -0.4 is 10.1 Å². The number of hydrogen-bond acceptors (Lipinski definition) is 3. The molecular formula is C15H22N2O2. The molecule has 1 aliphatic heterocycles. The summed E-state index contributed by atoms with van der Waals surface area (Å²) >= 11 is 0. The van der Waals surface area contributed by atoms with Crippen LogP contribution in [-0.2, 0) is 17.8 Å². The van der Waals surface area contributed by atoms with E-state index in [2.05, 4.69) is 11.4 Å². The van der Waals surface area contributed by atoms with Crippen LogP contribution in [0.5, 0.6) is 5.75 Å². The van der Waals surface area contributed by atoms with Gasteiger partial charge < -0.3 is 15.0 Å². The second-order valence-electron chi connectivity index (χ2n) is 5.58. The van der Waals surface area contributed by atoms with E-state index in [0.29, 0.717) is 6.54 Å². The van der Waals surface area contributed by atoms with Crippen LogP contribution in [0.25, 0.3) is 0 Å². The molecule has 0 atom stereocenters. The van der Waals surface area contributed by atoms with Crippen molar-refractivity contribution in [2.24, 2.45) is 0 Å². The van der Waals surface area contributed by atoms with Crippen LogP contribution in [0.3, 0.4) is 0 Å². The second kappa shape index (κ2) is 5.21. The van der Waals surface area contributed by atoms with Crippen molar-refractivity contribution in [1.29, 1.82) is 0 Å². The smallest absolute Gasteiger partial charge is 0.242 e. The fraction of sp³-hybridized carbons (Fsp3) is 0.533. The minimum absolute atomic E-state index is 0.0896. The van der Waals surface area contributed by atoms with Crippen molar-refractivity contribution in [3.05, 3.63) is 29.3 Å². The number of ether oxygens (including phenoxy) is 1. The number of rotatable bonds is 4. The van der Waals surface area contributed by atoms with Gasteiger partial charge in [-0.15, -0.1) is 0 Å². The van der Waals surface area contributed by atoms with E-state index in [9.17, 15) is 4.79 Å². The fourth-order valence-corrected chi connectivity index (χ4v) is 2.27. The maximum atomic E-state index is 12.3. The molecule has 1 N–H and O–H groups in total. The molecule has 1 amide bonds. The molecule has 0 unspecified atom stereocenters. The molecule has 1 aliphatic rings. The quantitative estimate of drug-likeness (QED) is 0.895. The lowest BCUT2D eigenvalue weighted by atomic mass is 10.0. The van der Waals surface area contributed by atoms with Crippen molar-refractivity contribution in [2.75, 3.05) is 20.7 Å². The highest BCUT2D eigenvalue weighted by Gasteiger charge is 2.28. The van der Waals surface area contributed by atoms with Gasteiger partial charge in [-0.1, -0.05) is 12.1 Å². The molecule has 1 aromatic rings. The maximum absolute atomic E-state index is 12.3. The minimum atomic E-state index is -0.533. The summed E-state index contributed by atoms with van der Waals surface area (Å²) in [5, 5.41) is 3.04. The predicted octanol–water partition coefficient (Wildman–Crippen LogP) is 1.58. The topological polar surface area (TPSA) is 41.6 Å². The third kappa shape index (κ3) is 2.89. The Morgan fingerprint density at radius 2 is 2.21 bits per heavy atom. The number of hydrogen-bond donors (Lipinski definition) is 1. The molecule has 104 valence electrons. The Morgan fingerprint density at radius 1 is 1.47 bits per heavy atom. The number of likely N-dealkylation sites (N-methyl/N-ethyl adjacent to an activating group) is 2. The summed E-state index contributed by atoms with van der Waals surface area (Å²) in [4.78, 5) is 14.0. The van der Waals surface area contributed by atoms with E-state index in [-0.39, 0.29) is 5.91 Å². The van der Waals surface area contributed by atoms with Crippen molar-refractivity contribution in [3.63, 3.8) is 0 Å². The van der Waals surface area contributed by atoms with E-state index in [0.717, 1.165) is 24.3 Å². The van der Waals surface area contributed by atoms with Gasteiger partial charge in [-0.3, -0.25) is 4.79 Å². The molecule has 0 aromatic heterocycles. The number of amides is 1. The Hall–Kier alpha value is -1.55. The molecule has 4 heteroatoms. The Morgan fingerprint density at radius 3 is 2.89 bits per heavy atom. The molecule has 1 aromatic carbocycles. The summed E-state index contributed by atoms with van der Waals surface area (Å²) < 4.78 is 5.49. The number of carbonyl (C=O) groups excluding carboxylic acids is 1. The van der Waals surface area contributed by atoms with E-state index in [1.807, 2.05) is 33.0 Å². The fourth-order valence-electron chi connectivity index (χ4n) is 2.27. The average Bonchev–Trinajstić information content (AvgIpc) is 2.85. The van der Waals surface area contributed by atoms with Crippen LogP contribution in [0.2, 0.25) is 0 Å². The van der Waals surface area contributed by atoms with Crippen LogP contribution in [0.1, 0.15) is 25.0 Å². The number of nitrogens with one attached hydrogen (secondary N) is 1. The molecule has 0 aliphatic carbocycles. The Labute approximate surface area is 114 Å². The highest BCUT2D eigenvalue weighted by atomic mass is 16.5. The first-order valence-electron chi connectivity index (χ1n) is 6.63. The number of nitrogens with zero attached hydrogens (tertiary/aromatic N) is 1. The van der Waals surface area contributed by atoms with Gasteiger partial charge in [0.15, 0.2) is 0 Å². The molecule has 19 heavy (non-hydrogen) atoms. The molecule has 0 bridgehead atoms. The lowest BCUT2D eigenvalue weighted by molar-refractivity contribution is -0.136. The molecule has 0 saturated heterocycles. The normalized spacial score (nSPS) is 13.9. The zero-order valence-electron chi connectivity index (χ0n) is 12.1. The van der Waals surface area contributed by atoms with E-state index < -0.39 is 5.54 Å². The van der Waals surface area contributed by atoms with Crippen molar-refractivity contribution in [1.82, 2.24) is 10.2 Å². The van der Waals surface area contributed by atoms with Crippen molar-refractivity contribution < 1.29 is 9.53 Å². The lowest BCUT2D eigenvalue weighted by Gasteiger charge is -2.29. The second-order valence-corrected chi connectivity index (χ2v) is 5.58. The summed E-state index contributed by atoms with van der Waals surface area (Å²) in [6.07, 6.45) is 0.961. The van der Waals surface area contributed by atoms with Gasteiger partial charge in [0.25, 0.3) is 0 Å². The predicted molar refractivity (Wildman–Crippen MR) is 75.3 cm³/mol. The van der Waals surface area contributed by atoms with Gasteiger partial charge in [-0.05, 0) is 38.1 Å². The highest BCUT2D eigenvalue weighted by molar-refractivity contribution is 5.85. The van der Waals surface area contributed by atoms with Crippen LogP contribution >= 0.6 is 0 Å². The van der Waals surface area contributed by atoms with Crippen molar-refractivity contribution >= 4 is 5.91 Å². The SMILES string of the molecule is CNC(C)(C)C(=O)N(C)Cc1ccc2c(c1)CCO2. The number of fused-ring (bicyclic) bond motifs is 1. The zero-order valence-corrected chi connectivity index (χ0v) is 12.1. The van der Waals surface area contributed by atoms with Gasteiger partial charge in [-0.2, -0.15) is 0 Å². The maximum Gasteiger partial charge on any atom is 0.242 e. The van der Waals surface area contributed by atoms with Gasteiger partial charge >= 0.3 is 0 Å². The lowest BCUT2D eigenvalue weighted by Crippen LogP contribution is -2.51. The monoisotopic (exact) mass is 262 g/mol. The van der Waals surface area contributed by atoms with Gasteiger partial charge in [0, 0.05) is 20.0 Å². The van der Waals surface area contributed by atoms with E-state index >= 15 is 0 Å². The first-order valence-corrected chi connectivity index (χ1v) is 6.63. The van der Waals surface area contributed by atoms with Crippen LogP contribution in [-0.4, -0.2) is 37.0 Å². The number of benzene rings is 1. The molecule has 2 rings (SSSR count). The Balaban J connectivity index is 2.07. The summed E-state index contributed by atoms with van der Waals surface area (Å²) in [6.45, 7) is 5.17. The Kier molecular flexibility index (Phi) is 3.80. The van der Waals surface area contributed by atoms with E-state index in [1.165, 1.54) is 5.56 Å². The summed E-state index contributed by atoms with van der Waals surface area (Å²) in [7, 11) is 3.64. The molecule has 0 radical (unpaired) electrons. The molecule has 0 saturated carbocycles. The highest BCUT2D eigenvalue weighted by Crippen LogP contribution is 2.26. The minimum Gasteiger partial charge on any atom is -0.493 e. The van der Waals surface area contributed by atoms with Gasteiger partial charge in [0.2, 0.25) is 5.91 Å². The van der Waals surface area contributed by atoms with Crippen LogP contribution in [0.4, 0.5) is 0 Å². The zero-order chi connectivity index (χ0) is 14.0. The van der Waals surface area contributed by atoms with Gasteiger partial charge in [-0.25, -0.2) is 0 Å². The summed E-state index contributed by atoms with van der Waals surface area (Å²) in [6, 6.07) is 6.16. The molecule has 1 heterocycles. The largest absolute Gasteiger partial charge is 0.493 e. The van der Waals surface area contributed by atoms with E-state index in [1.54, 1.807) is 11.9 Å². The average molecular weight is 262 g/mol. The first kappa shape index (κ1) is 13.9. The third-order valence-electron chi connectivity index (χ3n) is 3.68. The van der Waals surface area contributed by atoms with E-state index in [4.69, 9.17) is 4.74 Å². The molecule has 0 fully saturated rings. The molecule has 4 nitrogen and oxygen atoms in total. The Bertz CT molecular complexity index is 483. The van der Waals surface area contributed by atoms with Gasteiger partial charge in [0.1, 0.15) is 5.75 Å². The van der Waals surface area contributed by atoms with Crippen molar-refractivity contribution in [3.8, 4) is 5.75 Å². The molecule has 0 spiro atoms. The number of carbonyl (C=O) groups is 1.